The molecule has 2 aliphatic heterocycles. The lowest BCUT2D eigenvalue weighted by molar-refractivity contribution is -0.149. The molecule has 1 unspecified atom stereocenters. The number of fused-ring (bicyclic) bond motifs is 1. The predicted octanol–water partition coefficient (Wildman–Crippen LogP) is 5.00. The van der Waals surface area contributed by atoms with Gasteiger partial charge < -0.3 is 18.9 Å². The molecule has 0 bridgehead atoms. The van der Waals surface area contributed by atoms with Crippen LogP contribution in [0.2, 0.25) is 10.0 Å². The molecule has 0 radical (unpaired) electrons. The Hall–Kier alpha value is -4.09. The molecule has 1 aliphatic carbocycles. The Morgan fingerprint density at radius 2 is 1.77 bits per heavy atom. The Bertz CT molecular complexity index is 1960. The van der Waals surface area contributed by atoms with E-state index < -0.39 is 47.1 Å². The van der Waals surface area contributed by atoms with Gasteiger partial charge in [-0.3, -0.25) is 33.5 Å². The number of sulfonamides is 1. The Kier molecular flexibility index (Phi) is 12.0. The molecule has 1 saturated heterocycles. The Balaban J connectivity index is 1.25. The van der Waals surface area contributed by atoms with Crippen molar-refractivity contribution in [3.05, 3.63) is 81.1 Å². The van der Waals surface area contributed by atoms with Crippen molar-refractivity contribution in [1.82, 2.24) is 14.8 Å². The van der Waals surface area contributed by atoms with Gasteiger partial charge in [0.1, 0.15) is 12.6 Å². The van der Waals surface area contributed by atoms with Crippen molar-refractivity contribution in [3.8, 4) is 11.5 Å². The first kappa shape index (κ1) is 38.6. The van der Waals surface area contributed by atoms with Crippen molar-refractivity contribution in [2.24, 2.45) is 5.92 Å². The smallest absolute Gasteiger partial charge is 0.387 e. The number of halogens is 4. The Morgan fingerprint density at radius 1 is 1.06 bits per heavy atom. The number of imide groups is 1. The average molecular weight is 798 g/mol. The van der Waals surface area contributed by atoms with Crippen LogP contribution >= 0.6 is 23.2 Å². The fourth-order valence-corrected chi connectivity index (χ4v) is 7.53. The van der Waals surface area contributed by atoms with Gasteiger partial charge in [-0.15, -0.1) is 0 Å². The van der Waals surface area contributed by atoms with Crippen LogP contribution in [0.5, 0.6) is 11.5 Å². The van der Waals surface area contributed by atoms with Crippen LogP contribution in [0.15, 0.2) is 48.8 Å². The summed E-state index contributed by atoms with van der Waals surface area (Å²) < 4.78 is 75.3. The summed E-state index contributed by atoms with van der Waals surface area (Å²) in [6.07, 6.45) is 4.30. The fourth-order valence-electron chi connectivity index (χ4n) is 6.08. The Labute approximate surface area is 314 Å². The third-order valence-corrected chi connectivity index (χ3v) is 10.8. The number of rotatable bonds is 16. The molecular weight excluding hydrogens is 761 g/mol. The molecule has 18 heteroatoms. The van der Waals surface area contributed by atoms with E-state index in [2.05, 4.69) is 9.72 Å². The highest BCUT2D eigenvalue weighted by atomic mass is 35.5. The lowest BCUT2D eigenvalue weighted by atomic mass is 10.0. The maximum atomic E-state index is 13.9. The monoisotopic (exact) mass is 796 g/mol. The van der Waals surface area contributed by atoms with Crippen LogP contribution in [0, 0.1) is 5.92 Å². The number of hydrogen-bond donors (Lipinski definition) is 0. The number of esters is 1. The fraction of sp³-hybridized carbons (Fsp3) is 0.429. The van der Waals surface area contributed by atoms with Crippen LogP contribution in [0.1, 0.15) is 50.8 Å². The number of morpholine rings is 1. The molecule has 6 rings (SSSR count). The number of benzene rings is 2. The molecule has 53 heavy (non-hydrogen) atoms. The topological polar surface area (TPSA) is 145 Å². The van der Waals surface area contributed by atoms with Crippen LogP contribution in [0.4, 0.5) is 14.5 Å². The first-order valence-corrected chi connectivity index (χ1v) is 19.4. The van der Waals surface area contributed by atoms with E-state index >= 15 is 0 Å². The number of pyridine rings is 1. The molecule has 2 fully saturated rings. The molecule has 2 aromatic carbocycles. The van der Waals surface area contributed by atoms with E-state index in [-0.39, 0.29) is 63.8 Å². The van der Waals surface area contributed by atoms with Gasteiger partial charge in [0.2, 0.25) is 10.0 Å². The number of carbonyl (C=O) groups is 3. The third-order valence-electron chi connectivity index (χ3n) is 9.00. The van der Waals surface area contributed by atoms with Crippen molar-refractivity contribution in [2.45, 2.75) is 32.0 Å². The molecule has 284 valence electrons. The number of hydrogen-bond acceptors (Lipinski definition) is 11. The van der Waals surface area contributed by atoms with Gasteiger partial charge in [-0.1, -0.05) is 35.3 Å². The van der Waals surface area contributed by atoms with Crippen molar-refractivity contribution < 1.29 is 50.5 Å². The van der Waals surface area contributed by atoms with E-state index in [0.29, 0.717) is 48.9 Å². The molecular formula is C35H36Cl2F2N4O9S. The number of alkyl halides is 2. The quantitative estimate of drug-likeness (QED) is 0.143. The molecule has 0 spiro atoms. The van der Waals surface area contributed by atoms with Gasteiger partial charge in [-0.05, 0) is 54.2 Å². The minimum absolute atomic E-state index is 0.000371. The largest absolute Gasteiger partial charge is 0.489 e. The second kappa shape index (κ2) is 16.5. The van der Waals surface area contributed by atoms with Gasteiger partial charge in [0.25, 0.3) is 11.8 Å². The number of nitrogens with zero attached hydrogens (tertiary/aromatic N) is 4. The molecule has 3 aromatic rings. The minimum atomic E-state index is -3.91. The van der Waals surface area contributed by atoms with E-state index in [4.69, 9.17) is 37.4 Å². The molecule has 1 saturated carbocycles. The van der Waals surface area contributed by atoms with E-state index in [1.807, 2.05) is 4.90 Å². The van der Waals surface area contributed by atoms with Crippen LogP contribution in [-0.4, -0.2) is 106 Å². The van der Waals surface area contributed by atoms with Crippen molar-refractivity contribution in [2.75, 3.05) is 63.1 Å². The number of carbonyl (C=O) groups excluding carboxylic acids is 3. The zero-order valence-electron chi connectivity index (χ0n) is 28.5. The van der Waals surface area contributed by atoms with Crippen LogP contribution in [0.25, 0.3) is 0 Å². The van der Waals surface area contributed by atoms with Crippen LogP contribution in [-0.2, 0) is 30.7 Å². The number of amides is 2. The summed E-state index contributed by atoms with van der Waals surface area (Å²) in [5.74, 6) is -2.64. The summed E-state index contributed by atoms with van der Waals surface area (Å²) in [6, 6.07) is 8.37. The number of ether oxygens (including phenoxy) is 4. The molecule has 1 aromatic heterocycles. The number of anilines is 1. The second-order valence-electron chi connectivity index (χ2n) is 12.8. The minimum Gasteiger partial charge on any atom is -0.489 e. The zero-order valence-corrected chi connectivity index (χ0v) is 30.8. The van der Waals surface area contributed by atoms with Crippen LogP contribution in [0.3, 0.4) is 0 Å². The molecule has 1 atom stereocenters. The zero-order chi connectivity index (χ0) is 37.9. The Morgan fingerprint density at radius 3 is 2.43 bits per heavy atom. The van der Waals surface area contributed by atoms with Gasteiger partial charge >= 0.3 is 12.6 Å². The van der Waals surface area contributed by atoms with E-state index in [1.165, 1.54) is 48.8 Å². The summed E-state index contributed by atoms with van der Waals surface area (Å²) in [5, 5.41) is 0.330. The van der Waals surface area contributed by atoms with Crippen molar-refractivity contribution in [1.29, 1.82) is 0 Å². The maximum Gasteiger partial charge on any atom is 0.387 e. The lowest BCUT2D eigenvalue weighted by Gasteiger charge is -2.30. The maximum absolute atomic E-state index is 13.9. The molecule has 0 N–H and O–H groups in total. The van der Waals surface area contributed by atoms with Crippen molar-refractivity contribution in [3.63, 3.8) is 0 Å². The highest BCUT2D eigenvalue weighted by Gasteiger charge is 2.41. The molecule has 2 amide bonds. The van der Waals surface area contributed by atoms with Crippen LogP contribution < -0.4 is 13.8 Å². The van der Waals surface area contributed by atoms with Gasteiger partial charge in [0, 0.05) is 45.0 Å². The predicted molar refractivity (Wildman–Crippen MR) is 189 cm³/mol. The molecule has 3 heterocycles. The van der Waals surface area contributed by atoms with Gasteiger partial charge in [-0.25, -0.2) is 8.42 Å². The highest BCUT2D eigenvalue weighted by Crippen LogP contribution is 2.38. The molecule has 3 aliphatic rings. The normalized spacial score (nSPS) is 16.8. The summed E-state index contributed by atoms with van der Waals surface area (Å²) >= 11 is 12.8. The summed E-state index contributed by atoms with van der Waals surface area (Å²) in [6.45, 7) is -1.08. The van der Waals surface area contributed by atoms with Gasteiger partial charge in [0.05, 0.1) is 52.9 Å². The first-order valence-electron chi connectivity index (χ1n) is 16.8. The average Bonchev–Trinajstić information content (AvgIpc) is 3.91. The van der Waals surface area contributed by atoms with Gasteiger partial charge in [-0.2, -0.15) is 8.78 Å². The molecule has 13 nitrogen and oxygen atoms in total. The lowest BCUT2D eigenvalue weighted by Crippen LogP contribution is -2.43. The highest BCUT2D eigenvalue weighted by molar-refractivity contribution is 7.92. The summed E-state index contributed by atoms with van der Waals surface area (Å²) in [4.78, 5) is 47.7. The first-order chi connectivity index (χ1) is 25.3. The van der Waals surface area contributed by atoms with E-state index in [1.54, 1.807) is 0 Å². The van der Waals surface area contributed by atoms with Gasteiger partial charge in [0.15, 0.2) is 11.5 Å². The van der Waals surface area contributed by atoms with E-state index in [0.717, 1.165) is 23.4 Å². The number of aromatic nitrogens is 1. The summed E-state index contributed by atoms with van der Waals surface area (Å²) in [5.41, 5.74) is 0.439. The third kappa shape index (κ3) is 9.35. The van der Waals surface area contributed by atoms with Crippen molar-refractivity contribution >= 4 is 56.7 Å². The second-order valence-corrected chi connectivity index (χ2v) is 15.5. The SMILES string of the molecule is CS(=O)(=O)N(CCN1CCOCC1)c1cccc2c1C(=O)N(CC(=O)OC(Cc1c(Cl)cncc1Cl)c1ccc(OC(F)F)c(OCC3CC3)c1)C2=O. The standard InChI is InChI=1S/C35H36Cl2F2N4O9S/c1-53(47,48)43(10-9-41-11-13-49-14-12-41)27-4-2-3-23-32(27)34(46)42(33(23)45)19-31(44)51-29(16-24-25(36)17-40-18-26(24)37)22-7-8-28(52-35(38)39)30(15-22)50-20-21-5-6-21/h2-4,7-8,15,17-18,21,29,35H,5-6,9-14,16,19-20H2,1H3. The van der Waals surface area contributed by atoms with E-state index in [9.17, 15) is 31.6 Å². The summed E-state index contributed by atoms with van der Waals surface area (Å²) in [7, 11) is -3.91.